The minimum Gasteiger partial charge on any atom is -0.339 e. The molecule has 0 radical (unpaired) electrons. The summed E-state index contributed by atoms with van der Waals surface area (Å²) in [6.45, 7) is 1.84. The summed E-state index contributed by atoms with van der Waals surface area (Å²) in [6, 6.07) is 11.6. The molecule has 2 rings (SSSR count). The number of amides is 1. The largest absolute Gasteiger partial charge is 0.339 e. The second-order valence-electron chi connectivity index (χ2n) is 5.60. The lowest BCUT2D eigenvalue weighted by Gasteiger charge is -2.25. The van der Waals surface area contributed by atoms with Gasteiger partial charge in [0.25, 0.3) is 0 Å². The van der Waals surface area contributed by atoms with Gasteiger partial charge in [-0.25, -0.2) is 17.9 Å². The van der Waals surface area contributed by atoms with Crippen LogP contribution in [0, 0.1) is 5.82 Å². The summed E-state index contributed by atoms with van der Waals surface area (Å²) in [5.41, 5.74) is 1.52. The molecular weight excluding hydrogens is 331 g/mol. The molecule has 1 amide bonds. The summed E-state index contributed by atoms with van der Waals surface area (Å²) < 4.78 is 35.4. The smallest absolute Gasteiger partial charge is 0.238 e. The van der Waals surface area contributed by atoms with Crippen LogP contribution >= 0.6 is 0 Å². The molecule has 7 heteroatoms. The predicted octanol–water partition coefficient (Wildman–Crippen LogP) is 2.24. The molecule has 2 aromatic rings. The van der Waals surface area contributed by atoms with E-state index in [1.165, 1.54) is 24.3 Å². The zero-order valence-corrected chi connectivity index (χ0v) is 14.3. The van der Waals surface area contributed by atoms with E-state index in [0.29, 0.717) is 0 Å². The van der Waals surface area contributed by atoms with Gasteiger partial charge in [-0.15, -0.1) is 0 Å². The molecule has 1 atom stereocenters. The number of benzene rings is 2. The van der Waals surface area contributed by atoms with Crippen LogP contribution in [0.1, 0.15) is 24.1 Å². The summed E-state index contributed by atoms with van der Waals surface area (Å²) in [7, 11) is -2.07. The Kier molecular flexibility index (Phi) is 5.36. The normalized spacial score (nSPS) is 12.7. The second kappa shape index (κ2) is 7.11. The van der Waals surface area contributed by atoms with Gasteiger partial charge in [0, 0.05) is 7.05 Å². The monoisotopic (exact) mass is 350 g/mol. The van der Waals surface area contributed by atoms with Gasteiger partial charge in [-0.3, -0.25) is 4.79 Å². The first-order valence-electron chi connectivity index (χ1n) is 7.31. The summed E-state index contributed by atoms with van der Waals surface area (Å²) >= 11 is 0. The summed E-state index contributed by atoms with van der Waals surface area (Å²) in [5.74, 6) is -0.465. The molecule has 128 valence electrons. The van der Waals surface area contributed by atoms with Crippen LogP contribution in [0.2, 0.25) is 0 Å². The number of rotatable bonds is 5. The molecule has 2 N–H and O–H groups in total. The van der Waals surface area contributed by atoms with Crippen molar-refractivity contribution in [3.8, 4) is 0 Å². The maximum atomic E-state index is 12.9. The fourth-order valence-electron chi connectivity index (χ4n) is 2.28. The molecule has 0 aliphatic carbocycles. The first kappa shape index (κ1) is 18.1. The van der Waals surface area contributed by atoms with Crippen LogP contribution in [0.4, 0.5) is 4.39 Å². The van der Waals surface area contributed by atoms with Gasteiger partial charge < -0.3 is 4.90 Å². The van der Waals surface area contributed by atoms with E-state index in [9.17, 15) is 17.6 Å². The number of likely N-dealkylation sites (N-methyl/N-ethyl adjacent to an activating group) is 1. The molecule has 24 heavy (non-hydrogen) atoms. The molecule has 0 aromatic heterocycles. The molecule has 0 aliphatic rings. The molecule has 1 unspecified atom stereocenters. The van der Waals surface area contributed by atoms with E-state index < -0.39 is 10.0 Å². The van der Waals surface area contributed by atoms with E-state index in [1.54, 1.807) is 36.2 Å². The number of sulfonamides is 1. The highest BCUT2D eigenvalue weighted by molar-refractivity contribution is 7.89. The number of primary sulfonamides is 1. The van der Waals surface area contributed by atoms with Crippen molar-refractivity contribution in [3.05, 3.63) is 65.5 Å². The van der Waals surface area contributed by atoms with Gasteiger partial charge in [0.1, 0.15) is 5.82 Å². The molecule has 2 aromatic carbocycles. The van der Waals surface area contributed by atoms with E-state index in [2.05, 4.69) is 0 Å². The van der Waals surface area contributed by atoms with E-state index in [1.807, 2.05) is 6.92 Å². The lowest BCUT2D eigenvalue weighted by atomic mass is 10.1. The average Bonchev–Trinajstić information content (AvgIpc) is 2.55. The lowest BCUT2D eigenvalue weighted by molar-refractivity contribution is -0.131. The van der Waals surface area contributed by atoms with Gasteiger partial charge >= 0.3 is 0 Å². The van der Waals surface area contributed by atoms with Gasteiger partial charge in [0.2, 0.25) is 15.9 Å². The van der Waals surface area contributed by atoms with Crippen LogP contribution in [0.3, 0.4) is 0 Å². The Morgan fingerprint density at radius 1 is 1.12 bits per heavy atom. The molecule has 0 spiro atoms. The first-order chi connectivity index (χ1) is 11.2. The molecule has 0 fully saturated rings. The predicted molar refractivity (Wildman–Crippen MR) is 89.1 cm³/mol. The zero-order valence-electron chi connectivity index (χ0n) is 13.4. The van der Waals surface area contributed by atoms with E-state index >= 15 is 0 Å². The van der Waals surface area contributed by atoms with Crippen molar-refractivity contribution >= 4 is 15.9 Å². The number of halogens is 1. The van der Waals surface area contributed by atoms with E-state index in [4.69, 9.17) is 5.14 Å². The van der Waals surface area contributed by atoms with Crippen LogP contribution in [0.5, 0.6) is 0 Å². The topological polar surface area (TPSA) is 80.5 Å². The molecule has 5 nitrogen and oxygen atoms in total. The molecule has 0 aliphatic heterocycles. The maximum absolute atomic E-state index is 12.9. The Morgan fingerprint density at radius 3 is 2.17 bits per heavy atom. The van der Waals surface area contributed by atoms with Crippen molar-refractivity contribution in [1.82, 2.24) is 4.90 Å². The number of nitrogens with two attached hydrogens (primary N) is 1. The quantitative estimate of drug-likeness (QED) is 0.898. The van der Waals surface area contributed by atoms with Crippen molar-refractivity contribution in [2.24, 2.45) is 5.14 Å². The van der Waals surface area contributed by atoms with Crippen LogP contribution in [-0.4, -0.2) is 26.3 Å². The molecule has 0 saturated carbocycles. The highest BCUT2D eigenvalue weighted by Gasteiger charge is 2.18. The van der Waals surface area contributed by atoms with Crippen LogP contribution in [0.15, 0.2) is 53.4 Å². The minimum absolute atomic E-state index is 0.0266. The Bertz CT molecular complexity index is 818. The van der Waals surface area contributed by atoms with Gasteiger partial charge in [0.05, 0.1) is 17.4 Å². The first-order valence-corrected chi connectivity index (χ1v) is 8.86. The molecular formula is C17H19FN2O3S. The van der Waals surface area contributed by atoms with Gasteiger partial charge in [-0.1, -0.05) is 24.3 Å². The minimum atomic E-state index is -3.74. The Labute approximate surface area is 141 Å². The third-order valence-electron chi connectivity index (χ3n) is 3.93. The van der Waals surface area contributed by atoms with Gasteiger partial charge in [-0.2, -0.15) is 0 Å². The van der Waals surface area contributed by atoms with Crippen molar-refractivity contribution in [2.45, 2.75) is 24.3 Å². The third kappa shape index (κ3) is 4.39. The van der Waals surface area contributed by atoms with Gasteiger partial charge in [0.15, 0.2) is 0 Å². The van der Waals surface area contributed by atoms with Crippen LogP contribution in [0.25, 0.3) is 0 Å². The Balaban J connectivity index is 2.09. The molecule has 0 heterocycles. The number of carbonyl (C=O) groups excluding carboxylic acids is 1. The highest BCUT2D eigenvalue weighted by Crippen LogP contribution is 2.21. The van der Waals surface area contributed by atoms with Crippen LogP contribution in [-0.2, 0) is 21.2 Å². The Morgan fingerprint density at radius 2 is 1.67 bits per heavy atom. The van der Waals surface area contributed by atoms with E-state index in [-0.39, 0.29) is 29.1 Å². The summed E-state index contributed by atoms with van der Waals surface area (Å²) in [6.07, 6.45) is 0.163. The average molecular weight is 350 g/mol. The maximum Gasteiger partial charge on any atom is 0.238 e. The zero-order chi connectivity index (χ0) is 17.9. The summed E-state index contributed by atoms with van der Waals surface area (Å²) in [4.78, 5) is 13.9. The number of nitrogens with zero attached hydrogens (tertiary/aromatic N) is 1. The Hall–Kier alpha value is -2.25. The highest BCUT2D eigenvalue weighted by atomic mass is 32.2. The lowest BCUT2D eigenvalue weighted by Crippen LogP contribution is -2.31. The van der Waals surface area contributed by atoms with Crippen molar-refractivity contribution in [3.63, 3.8) is 0 Å². The number of carbonyl (C=O) groups is 1. The molecule has 0 bridgehead atoms. The van der Waals surface area contributed by atoms with Crippen molar-refractivity contribution < 1.29 is 17.6 Å². The fraction of sp³-hybridized carbons (Fsp3) is 0.235. The van der Waals surface area contributed by atoms with Crippen LogP contribution < -0.4 is 5.14 Å². The third-order valence-corrected chi connectivity index (χ3v) is 4.86. The van der Waals surface area contributed by atoms with Crippen molar-refractivity contribution in [1.29, 1.82) is 0 Å². The van der Waals surface area contributed by atoms with E-state index in [0.717, 1.165) is 11.1 Å². The standard InChI is InChI=1S/C17H19FN2O3S/c1-12(14-5-9-16(10-6-14)24(19,22)23)20(2)17(21)11-13-3-7-15(18)8-4-13/h3-10,12H,11H2,1-2H3,(H2,19,22,23). The molecule has 0 saturated heterocycles. The SMILES string of the molecule is CC(c1ccc(S(N)(=O)=O)cc1)N(C)C(=O)Cc1ccc(F)cc1. The fourth-order valence-corrected chi connectivity index (χ4v) is 2.79. The summed E-state index contributed by atoms with van der Waals surface area (Å²) in [5, 5.41) is 5.07. The van der Waals surface area contributed by atoms with Gasteiger partial charge in [-0.05, 0) is 42.3 Å². The number of hydrogen-bond acceptors (Lipinski definition) is 3. The number of hydrogen-bond donors (Lipinski definition) is 1. The van der Waals surface area contributed by atoms with Crippen molar-refractivity contribution in [2.75, 3.05) is 7.05 Å². The second-order valence-corrected chi connectivity index (χ2v) is 7.16.